The molecule has 0 aromatic heterocycles. The van der Waals surface area contributed by atoms with Gasteiger partial charge in [0, 0.05) is 11.1 Å². The van der Waals surface area contributed by atoms with Gasteiger partial charge in [-0.05, 0) is 24.3 Å². The Hall–Kier alpha value is -3.70. The van der Waals surface area contributed by atoms with Crippen LogP contribution >= 0.6 is 0 Å². The number of carbonyl (C=O) groups excluding carboxylic acids is 1. The maximum Gasteiger partial charge on any atom is 0.209 e. The lowest BCUT2D eigenvalue weighted by molar-refractivity contribution is -0.917. The van der Waals surface area contributed by atoms with Gasteiger partial charge in [0.2, 0.25) is 5.78 Å². The first kappa shape index (κ1) is 20.2. The number of carbonyl (C=O) groups is 1. The maximum atomic E-state index is 13.4. The highest BCUT2D eigenvalue weighted by Crippen LogP contribution is 2.31. The van der Waals surface area contributed by atoms with Gasteiger partial charge in [-0.1, -0.05) is 60.7 Å². The molecule has 1 saturated heterocycles. The normalized spacial score (nSPS) is 17.9. The molecule has 0 saturated carbocycles. The molecule has 5 rings (SSSR count). The predicted molar refractivity (Wildman–Crippen MR) is 126 cm³/mol. The lowest BCUT2D eigenvalue weighted by Gasteiger charge is -2.35. The smallest absolute Gasteiger partial charge is 0.209 e. The molecule has 0 unspecified atom stereocenters. The van der Waals surface area contributed by atoms with Crippen LogP contribution in [0.25, 0.3) is 0 Å². The van der Waals surface area contributed by atoms with Crippen LogP contribution in [0.5, 0.6) is 5.75 Å². The van der Waals surface area contributed by atoms with Crippen LogP contribution in [-0.2, 0) is 6.54 Å². The van der Waals surface area contributed by atoms with Gasteiger partial charge >= 0.3 is 0 Å². The van der Waals surface area contributed by atoms with Crippen molar-refractivity contribution in [3.63, 3.8) is 0 Å². The van der Waals surface area contributed by atoms with Gasteiger partial charge in [-0.25, -0.2) is 4.99 Å². The summed E-state index contributed by atoms with van der Waals surface area (Å²) >= 11 is 0. The number of rotatable bonds is 4. The summed E-state index contributed by atoms with van der Waals surface area (Å²) < 4.78 is 0. The van der Waals surface area contributed by atoms with Crippen molar-refractivity contribution in [2.45, 2.75) is 6.54 Å². The van der Waals surface area contributed by atoms with Crippen molar-refractivity contribution in [3.8, 4) is 5.75 Å². The van der Waals surface area contributed by atoms with Crippen LogP contribution < -0.4 is 4.90 Å². The number of ketones is 1. The highest BCUT2D eigenvalue weighted by Gasteiger charge is 2.32. The van der Waals surface area contributed by atoms with Crippen LogP contribution in [0.15, 0.2) is 95.6 Å². The predicted octanol–water partition coefficient (Wildman–Crippen LogP) is 2.99. The van der Waals surface area contributed by atoms with Gasteiger partial charge in [-0.2, -0.15) is 0 Å². The quantitative estimate of drug-likeness (QED) is 0.677. The minimum Gasteiger partial charge on any atom is -0.507 e. The number of aliphatic imine (C=N–C) groups is 1. The van der Waals surface area contributed by atoms with E-state index >= 15 is 0 Å². The minimum atomic E-state index is -0.0468. The van der Waals surface area contributed by atoms with Crippen molar-refractivity contribution in [2.75, 3.05) is 26.2 Å². The second-order valence-electron chi connectivity index (χ2n) is 8.29. The highest BCUT2D eigenvalue weighted by molar-refractivity contribution is 6.27. The van der Waals surface area contributed by atoms with Crippen LogP contribution in [-0.4, -0.2) is 47.7 Å². The Balaban J connectivity index is 1.41. The molecule has 0 radical (unpaired) electrons. The van der Waals surface area contributed by atoms with Crippen LogP contribution in [0.4, 0.5) is 5.69 Å². The zero-order valence-corrected chi connectivity index (χ0v) is 17.9. The van der Waals surface area contributed by atoms with Gasteiger partial charge in [-0.3, -0.25) is 4.79 Å². The number of piperazine rings is 1. The largest absolute Gasteiger partial charge is 0.507 e. The van der Waals surface area contributed by atoms with E-state index in [2.05, 4.69) is 29.2 Å². The summed E-state index contributed by atoms with van der Waals surface area (Å²) in [5.41, 5.74) is 4.44. The third kappa shape index (κ3) is 4.07. The molecule has 0 amide bonds. The Morgan fingerprint density at radius 2 is 1.56 bits per heavy atom. The molecule has 1 fully saturated rings. The first-order valence-corrected chi connectivity index (χ1v) is 11.0. The Morgan fingerprint density at radius 3 is 2.28 bits per heavy atom. The van der Waals surface area contributed by atoms with Gasteiger partial charge in [0.1, 0.15) is 12.3 Å². The third-order valence-electron chi connectivity index (χ3n) is 6.16. The van der Waals surface area contributed by atoms with Crippen LogP contribution in [0, 0.1) is 0 Å². The van der Waals surface area contributed by atoms with Gasteiger partial charge in [0.05, 0.1) is 48.8 Å². The number of hydrogen-bond donors (Lipinski definition) is 2. The standard InChI is InChI=1S/C27H25N3O2/c31-25-13-7-12-22-26(25)23(28-21-10-5-2-6-11-21)18-24(27(22)32)30-16-14-29(15-17-30)19-20-8-3-1-4-9-20/h1-13,18,31H,14-17,19H2/p+1. The molecular weight excluding hydrogens is 398 g/mol. The molecule has 3 aromatic carbocycles. The third-order valence-corrected chi connectivity index (χ3v) is 6.16. The Kier molecular flexibility index (Phi) is 5.57. The summed E-state index contributed by atoms with van der Waals surface area (Å²) in [6, 6.07) is 25.3. The molecule has 1 aliphatic carbocycles. The van der Waals surface area contributed by atoms with E-state index in [0.29, 0.717) is 22.5 Å². The van der Waals surface area contributed by atoms with E-state index in [-0.39, 0.29) is 11.5 Å². The van der Waals surface area contributed by atoms with Crippen LogP contribution in [0.3, 0.4) is 0 Å². The lowest BCUT2D eigenvalue weighted by atomic mass is 9.90. The second kappa shape index (κ2) is 8.81. The molecule has 3 aromatic rings. The molecule has 1 aliphatic heterocycles. The molecule has 0 atom stereocenters. The Morgan fingerprint density at radius 1 is 0.875 bits per heavy atom. The van der Waals surface area contributed by atoms with E-state index in [9.17, 15) is 9.90 Å². The van der Waals surface area contributed by atoms with Gasteiger partial charge in [0.25, 0.3) is 0 Å². The van der Waals surface area contributed by atoms with E-state index in [4.69, 9.17) is 4.99 Å². The number of aromatic hydroxyl groups is 1. The van der Waals surface area contributed by atoms with E-state index in [1.54, 1.807) is 18.2 Å². The number of hydrogen-bond acceptors (Lipinski definition) is 4. The van der Waals surface area contributed by atoms with Crippen molar-refractivity contribution in [1.82, 2.24) is 4.90 Å². The molecule has 2 N–H and O–H groups in total. The fraction of sp³-hybridized carbons (Fsp3) is 0.185. The van der Waals surface area contributed by atoms with E-state index in [1.165, 1.54) is 10.5 Å². The minimum absolute atomic E-state index is 0.0468. The van der Waals surface area contributed by atoms with Gasteiger partial charge < -0.3 is 14.9 Å². The Labute approximate surface area is 187 Å². The number of allylic oxidation sites excluding steroid dienone is 2. The van der Waals surface area contributed by atoms with Crippen LogP contribution in [0.2, 0.25) is 0 Å². The molecule has 32 heavy (non-hydrogen) atoms. The van der Waals surface area contributed by atoms with Gasteiger partial charge in [-0.15, -0.1) is 0 Å². The number of phenols is 1. The van der Waals surface area contributed by atoms with Gasteiger partial charge in [0.15, 0.2) is 0 Å². The maximum absolute atomic E-state index is 13.4. The zero-order chi connectivity index (χ0) is 21.9. The number of quaternary nitrogens is 1. The lowest BCUT2D eigenvalue weighted by Crippen LogP contribution is -3.13. The molecule has 2 aliphatic rings. The monoisotopic (exact) mass is 424 g/mol. The molecule has 0 spiro atoms. The highest BCUT2D eigenvalue weighted by atomic mass is 16.3. The number of nitrogens with zero attached hydrogens (tertiary/aromatic N) is 2. The molecule has 1 heterocycles. The number of phenolic OH excluding ortho intramolecular Hbond substituents is 1. The first-order valence-electron chi connectivity index (χ1n) is 11.0. The second-order valence-corrected chi connectivity index (χ2v) is 8.29. The number of fused-ring (bicyclic) bond motifs is 1. The van der Waals surface area contributed by atoms with Crippen molar-refractivity contribution >= 4 is 17.2 Å². The number of benzene rings is 3. The number of Topliss-reactive ketones (excluding diaryl/α,β-unsaturated/α-hetero) is 1. The summed E-state index contributed by atoms with van der Waals surface area (Å²) in [6.45, 7) is 4.56. The fourth-order valence-electron chi connectivity index (χ4n) is 4.49. The molecule has 5 nitrogen and oxygen atoms in total. The molecular formula is C27H26N3O2+. The van der Waals surface area contributed by atoms with E-state index < -0.39 is 0 Å². The average molecular weight is 425 g/mol. The number of nitrogens with one attached hydrogen (secondary N) is 1. The summed E-state index contributed by atoms with van der Waals surface area (Å²) in [5.74, 6) is 0.0346. The van der Waals surface area contributed by atoms with E-state index in [1.807, 2.05) is 42.5 Å². The fourth-order valence-corrected chi connectivity index (χ4v) is 4.49. The first-order chi connectivity index (χ1) is 15.7. The Bertz CT molecular complexity index is 1180. The van der Waals surface area contributed by atoms with Crippen molar-refractivity contribution in [2.24, 2.45) is 4.99 Å². The molecule has 5 heteroatoms. The van der Waals surface area contributed by atoms with Crippen molar-refractivity contribution in [3.05, 3.63) is 107 Å². The average Bonchev–Trinajstić information content (AvgIpc) is 2.83. The molecule has 160 valence electrons. The van der Waals surface area contributed by atoms with Crippen molar-refractivity contribution < 1.29 is 14.8 Å². The SMILES string of the molecule is O=C1C(N2CC[NH+](Cc3ccccc3)CC2)=CC(=Nc2ccccc2)c2c(O)cccc21. The van der Waals surface area contributed by atoms with Crippen LogP contribution in [0.1, 0.15) is 21.5 Å². The molecule has 0 bridgehead atoms. The zero-order valence-electron chi connectivity index (χ0n) is 17.9. The topological polar surface area (TPSA) is 57.3 Å². The summed E-state index contributed by atoms with van der Waals surface area (Å²) in [4.78, 5) is 21.8. The number of para-hydroxylation sites is 1. The summed E-state index contributed by atoms with van der Waals surface area (Å²) in [6.07, 6.45) is 1.85. The van der Waals surface area contributed by atoms with Crippen molar-refractivity contribution in [1.29, 1.82) is 0 Å². The van der Waals surface area contributed by atoms with E-state index in [0.717, 1.165) is 38.4 Å². The summed E-state index contributed by atoms with van der Waals surface area (Å²) in [7, 11) is 0. The summed E-state index contributed by atoms with van der Waals surface area (Å²) in [5, 5.41) is 10.5.